The Hall–Kier alpha value is -2.04. The van der Waals surface area contributed by atoms with Crippen LogP contribution in [0.5, 0.6) is 5.75 Å². The van der Waals surface area contributed by atoms with Gasteiger partial charge < -0.3 is 15.2 Å². The Balaban J connectivity index is 2.63. The molecule has 1 rings (SSSR count). The largest absolute Gasteiger partial charge is 0.480 e. The SMILES string of the molecule is Cc1cccc(OC(=O)NCC(=O)O)c1C. The van der Waals surface area contributed by atoms with Crippen LogP contribution in [0.4, 0.5) is 4.79 Å². The highest BCUT2D eigenvalue weighted by molar-refractivity contribution is 5.77. The first-order chi connectivity index (χ1) is 7.50. The van der Waals surface area contributed by atoms with E-state index in [1.165, 1.54) is 0 Å². The first kappa shape index (κ1) is 12.0. The summed E-state index contributed by atoms with van der Waals surface area (Å²) in [5.74, 6) is -0.680. The average molecular weight is 223 g/mol. The highest BCUT2D eigenvalue weighted by Gasteiger charge is 2.08. The Morgan fingerprint density at radius 3 is 2.69 bits per heavy atom. The van der Waals surface area contributed by atoms with Gasteiger partial charge in [-0.15, -0.1) is 0 Å². The second-order valence-corrected chi connectivity index (χ2v) is 3.33. The quantitative estimate of drug-likeness (QED) is 0.813. The molecule has 0 aliphatic heterocycles. The van der Waals surface area contributed by atoms with Crippen molar-refractivity contribution in [2.24, 2.45) is 0 Å². The van der Waals surface area contributed by atoms with Crippen molar-refractivity contribution in [3.63, 3.8) is 0 Å². The van der Waals surface area contributed by atoms with Crippen LogP contribution in [-0.4, -0.2) is 23.7 Å². The highest BCUT2D eigenvalue weighted by Crippen LogP contribution is 2.20. The minimum Gasteiger partial charge on any atom is -0.480 e. The van der Waals surface area contributed by atoms with Crippen LogP contribution in [0, 0.1) is 13.8 Å². The zero-order valence-electron chi connectivity index (χ0n) is 9.11. The van der Waals surface area contributed by atoms with Crippen LogP contribution in [0.25, 0.3) is 0 Å². The Bertz CT molecular complexity index is 414. The number of hydrogen-bond donors (Lipinski definition) is 2. The van der Waals surface area contributed by atoms with E-state index >= 15 is 0 Å². The van der Waals surface area contributed by atoms with Crippen LogP contribution in [0.1, 0.15) is 11.1 Å². The molecule has 86 valence electrons. The summed E-state index contributed by atoms with van der Waals surface area (Å²) in [5.41, 5.74) is 1.86. The molecular weight excluding hydrogens is 210 g/mol. The molecule has 0 saturated heterocycles. The lowest BCUT2D eigenvalue weighted by Crippen LogP contribution is -2.31. The summed E-state index contributed by atoms with van der Waals surface area (Å²) in [5, 5.41) is 10.5. The number of rotatable bonds is 3. The first-order valence-corrected chi connectivity index (χ1v) is 4.74. The molecule has 0 aliphatic rings. The highest BCUT2D eigenvalue weighted by atomic mass is 16.6. The van der Waals surface area contributed by atoms with Gasteiger partial charge in [0.1, 0.15) is 12.3 Å². The van der Waals surface area contributed by atoms with E-state index in [1.807, 2.05) is 19.9 Å². The molecule has 16 heavy (non-hydrogen) atoms. The van der Waals surface area contributed by atoms with Gasteiger partial charge in [-0.1, -0.05) is 12.1 Å². The predicted molar refractivity (Wildman–Crippen MR) is 57.6 cm³/mol. The van der Waals surface area contributed by atoms with E-state index in [2.05, 4.69) is 5.32 Å². The van der Waals surface area contributed by atoms with Crippen LogP contribution in [0.3, 0.4) is 0 Å². The second kappa shape index (κ2) is 5.16. The van der Waals surface area contributed by atoms with Crippen molar-refractivity contribution in [2.75, 3.05) is 6.54 Å². The van der Waals surface area contributed by atoms with Gasteiger partial charge in [0.25, 0.3) is 0 Å². The van der Waals surface area contributed by atoms with Crippen LogP contribution in [0.15, 0.2) is 18.2 Å². The van der Waals surface area contributed by atoms with Crippen molar-refractivity contribution in [1.29, 1.82) is 0 Å². The summed E-state index contributed by atoms with van der Waals surface area (Å²) in [6, 6.07) is 5.32. The molecule has 0 aliphatic carbocycles. The van der Waals surface area contributed by atoms with Gasteiger partial charge in [-0.25, -0.2) is 4.79 Å². The third-order valence-electron chi connectivity index (χ3n) is 2.14. The van der Waals surface area contributed by atoms with Crippen LogP contribution < -0.4 is 10.1 Å². The summed E-state index contributed by atoms with van der Waals surface area (Å²) < 4.78 is 4.96. The van der Waals surface area contributed by atoms with E-state index in [1.54, 1.807) is 12.1 Å². The fourth-order valence-corrected chi connectivity index (χ4v) is 1.12. The topological polar surface area (TPSA) is 75.6 Å². The molecule has 5 nitrogen and oxygen atoms in total. The van der Waals surface area contributed by atoms with E-state index in [-0.39, 0.29) is 0 Å². The van der Waals surface area contributed by atoms with E-state index in [0.717, 1.165) is 11.1 Å². The minimum atomic E-state index is -1.11. The van der Waals surface area contributed by atoms with Gasteiger partial charge in [0.2, 0.25) is 0 Å². The van der Waals surface area contributed by atoms with Gasteiger partial charge in [-0.3, -0.25) is 4.79 Å². The number of amides is 1. The number of benzene rings is 1. The molecule has 1 aromatic carbocycles. The number of aryl methyl sites for hydroxylation is 1. The summed E-state index contributed by atoms with van der Waals surface area (Å²) in [4.78, 5) is 21.4. The summed E-state index contributed by atoms with van der Waals surface area (Å²) in [6.45, 7) is 3.27. The number of carbonyl (C=O) groups excluding carboxylic acids is 1. The van der Waals surface area contributed by atoms with Gasteiger partial charge in [0.15, 0.2) is 0 Å². The lowest BCUT2D eigenvalue weighted by molar-refractivity contribution is -0.135. The third kappa shape index (κ3) is 3.27. The van der Waals surface area contributed by atoms with Crippen molar-refractivity contribution < 1.29 is 19.4 Å². The maximum Gasteiger partial charge on any atom is 0.413 e. The maximum atomic E-state index is 11.2. The molecule has 0 spiro atoms. The van der Waals surface area contributed by atoms with Crippen molar-refractivity contribution in [2.45, 2.75) is 13.8 Å². The van der Waals surface area contributed by atoms with Crippen molar-refractivity contribution >= 4 is 12.1 Å². The van der Waals surface area contributed by atoms with Gasteiger partial charge in [-0.2, -0.15) is 0 Å². The average Bonchev–Trinajstić information content (AvgIpc) is 2.22. The van der Waals surface area contributed by atoms with Crippen molar-refractivity contribution in [3.8, 4) is 5.75 Å². The molecule has 0 radical (unpaired) electrons. The van der Waals surface area contributed by atoms with Crippen molar-refractivity contribution in [1.82, 2.24) is 5.32 Å². The van der Waals surface area contributed by atoms with Crippen LogP contribution in [-0.2, 0) is 4.79 Å². The Kier molecular flexibility index (Phi) is 3.88. The number of carboxylic acid groups (broad SMARTS) is 1. The molecule has 1 amide bonds. The van der Waals surface area contributed by atoms with Crippen LogP contribution in [0.2, 0.25) is 0 Å². The molecule has 0 bridgehead atoms. The van der Waals surface area contributed by atoms with E-state index in [0.29, 0.717) is 5.75 Å². The molecule has 0 atom stereocenters. The van der Waals surface area contributed by atoms with Gasteiger partial charge in [0, 0.05) is 0 Å². The van der Waals surface area contributed by atoms with Gasteiger partial charge in [-0.05, 0) is 31.0 Å². The zero-order valence-corrected chi connectivity index (χ0v) is 9.11. The Morgan fingerprint density at radius 2 is 2.06 bits per heavy atom. The molecule has 0 fully saturated rings. The third-order valence-corrected chi connectivity index (χ3v) is 2.14. The number of carboxylic acids is 1. The number of nitrogens with one attached hydrogen (secondary N) is 1. The molecule has 0 aromatic heterocycles. The summed E-state index contributed by atoms with van der Waals surface area (Å²) >= 11 is 0. The molecule has 0 unspecified atom stereocenters. The molecule has 5 heteroatoms. The second-order valence-electron chi connectivity index (χ2n) is 3.33. The van der Waals surface area contributed by atoms with Gasteiger partial charge in [0.05, 0.1) is 0 Å². The Labute approximate surface area is 93.0 Å². The van der Waals surface area contributed by atoms with Crippen LogP contribution >= 0.6 is 0 Å². The van der Waals surface area contributed by atoms with Crippen molar-refractivity contribution in [3.05, 3.63) is 29.3 Å². The lowest BCUT2D eigenvalue weighted by atomic mass is 10.1. The lowest BCUT2D eigenvalue weighted by Gasteiger charge is -2.09. The Morgan fingerprint density at radius 1 is 1.38 bits per heavy atom. The minimum absolute atomic E-state index is 0.433. The smallest absolute Gasteiger partial charge is 0.413 e. The standard InChI is InChI=1S/C11H13NO4/c1-7-4-3-5-9(8(7)2)16-11(15)12-6-10(13)14/h3-5H,6H2,1-2H3,(H,12,15)(H,13,14). The predicted octanol–water partition coefficient (Wildman–Crippen LogP) is 1.48. The molecular formula is C11H13NO4. The monoisotopic (exact) mass is 223 g/mol. The molecule has 0 heterocycles. The van der Waals surface area contributed by atoms with E-state index in [9.17, 15) is 9.59 Å². The fraction of sp³-hybridized carbons (Fsp3) is 0.273. The summed E-state index contributed by atoms with van der Waals surface area (Å²) in [7, 11) is 0. The first-order valence-electron chi connectivity index (χ1n) is 4.74. The number of hydrogen-bond acceptors (Lipinski definition) is 3. The van der Waals surface area contributed by atoms with E-state index < -0.39 is 18.6 Å². The molecule has 2 N–H and O–H groups in total. The molecule has 1 aromatic rings. The maximum absolute atomic E-state index is 11.2. The van der Waals surface area contributed by atoms with E-state index in [4.69, 9.17) is 9.84 Å². The summed E-state index contributed by atoms with van der Waals surface area (Å²) in [6.07, 6.45) is -0.767. The molecule has 0 saturated carbocycles. The number of aliphatic carboxylic acids is 1. The number of ether oxygens (including phenoxy) is 1. The normalized spacial score (nSPS) is 9.62. The van der Waals surface area contributed by atoms with Gasteiger partial charge >= 0.3 is 12.1 Å². The fourth-order valence-electron chi connectivity index (χ4n) is 1.12. The number of carbonyl (C=O) groups is 2. The zero-order chi connectivity index (χ0) is 12.1.